The van der Waals surface area contributed by atoms with Crippen LogP contribution in [0.4, 0.5) is 28.4 Å². The van der Waals surface area contributed by atoms with Crippen molar-refractivity contribution in [2.45, 2.75) is 13.8 Å². The molecule has 1 N–H and O–H groups in total. The molecule has 10 aromatic carbocycles. The fourth-order valence-corrected chi connectivity index (χ4v) is 11.2. The van der Waals surface area contributed by atoms with E-state index in [2.05, 4.69) is 246 Å². The molecular formula is C66H51N3S. The summed E-state index contributed by atoms with van der Waals surface area (Å²) in [5, 5.41) is 11.3. The van der Waals surface area contributed by atoms with Crippen LogP contribution in [0.5, 0.6) is 0 Å². The zero-order chi connectivity index (χ0) is 47.6. The molecule has 0 saturated heterocycles. The van der Waals surface area contributed by atoms with Crippen LogP contribution < -0.4 is 10.2 Å². The van der Waals surface area contributed by atoms with Crippen molar-refractivity contribution < 1.29 is 0 Å². The lowest BCUT2D eigenvalue weighted by Crippen LogP contribution is -2.11. The summed E-state index contributed by atoms with van der Waals surface area (Å²) < 4.78 is 5.04. The van der Waals surface area contributed by atoms with Crippen LogP contribution >= 0.6 is 11.3 Å². The number of aromatic nitrogens is 1. The van der Waals surface area contributed by atoms with Gasteiger partial charge in [0.05, 0.1) is 16.7 Å². The van der Waals surface area contributed by atoms with Gasteiger partial charge in [-0.05, 0) is 121 Å². The van der Waals surface area contributed by atoms with Crippen molar-refractivity contribution >= 4 is 92.5 Å². The summed E-state index contributed by atoms with van der Waals surface area (Å²) in [6.07, 6.45) is 7.33. The summed E-state index contributed by atoms with van der Waals surface area (Å²) >= 11 is 1.89. The minimum absolute atomic E-state index is 1.10. The third-order valence-electron chi connectivity index (χ3n) is 13.0. The van der Waals surface area contributed by atoms with Crippen LogP contribution in [0.2, 0.25) is 0 Å². The first-order valence-corrected chi connectivity index (χ1v) is 24.6. The molecule has 3 heterocycles. The van der Waals surface area contributed by atoms with Gasteiger partial charge in [-0.1, -0.05) is 164 Å². The topological polar surface area (TPSA) is 20.2 Å². The quantitative estimate of drug-likeness (QED) is 0.127. The monoisotopic (exact) mass is 917 g/mol. The molecule has 0 saturated carbocycles. The number of rotatable bonds is 7. The van der Waals surface area contributed by atoms with Crippen LogP contribution in [-0.2, 0) is 0 Å². The molecule has 12 aromatic rings. The van der Waals surface area contributed by atoms with Crippen LogP contribution in [-0.4, -0.2) is 4.57 Å². The number of nitrogens with zero attached hydrogens (tertiary/aromatic N) is 2. The lowest BCUT2D eigenvalue weighted by Gasteiger charge is -2.28. The Morgan fingerprint density at radius 1 is 0.471 bits per heavy atom. The van der Waals surface area contributed by atoms with E-state index >= 15 is 0 Å². The van der Waals surface area contributed by atoms with Crippen molar-refractivity contribution in [3.05, 3.63) is 256 Å². The van der Waals surface area contributed by atoms with E-state index in [1.54, 1.807) is 12.2 Å². The third kappa shape index (κ3) is 7.84. The number of fused-ring (bicyclic) bond motifs is 9. The van der Waals surface area contributed by atoms with Gasteiger partial charge >= 0.3 is 0 Å². The Labute approximate surface area is 413 Å². The Kier molecular flexibility index (Phi) is 12.0. The van der Waals surface area contributed by atoms with E-state index in [0.717, 1.165) is 28.4 Å². The van der Waals surface area contributed by atoms with Gasteiger partial charge in [-0.15, -0.1) is 17.9 Å². The Hall–Kier alpha value is -8.70. The van der Waals surface area contributed by atoms with E-state index in [4.69, 9.17) is 0 Å². The second kappa shape index (κ2) is 19.1. The zero-order valence-electron chi connectivity index (χ0n) is 39.3. The van der Waals surface area contributed by atoms with Gasteiger partial charge in [-0.3, -0.25) is 0 Å². The number of nitrogens with one attached hydrogen (secondary N) is 1. The molecule has 1 aliphatic heterocycles. The van der Waals surface area contributed by atoms with Crippen molar-refractivity contribution in [2.75, 3.05) is 10.2 Å². The second-order valence-electron chi connectivity index (χ2n) is 17.3. The van der Waals surface area contributed by atoms with E-state index in [9.17, 15) is 0 Å². The number of para-hydroxylation sites is 4. The lowest BCUT2D eigenvalue weighted by molar-refractivity contribution is 1.18. The summed E-state index contributed by atoms with van der Waals surface area (Å²) in [5.41, 5.74) is 16.5. The first-order chi connectivity index (χ1) is 34.6. The molecule has 0 unspecified atom stereocenters. The molecule has 13 rings (SSSR count). The summed E-state index contributed by atoms with van der Waals surface area (Å²) in [7, 11) is 0. The maximum atomic E-state index is 3.71. The summed E-state index contributed by atoms with van der Waals surface area (Å²) in [4.78, 5) is 2.43. The average molecular weight is 918 g/mol. The molecule has 0 radical (unpaired) electrons. The standard InChI is InChI=1S/C58H37N3S.C5H8.C3H6/c1-3-15-37(16-4-1)38-17-13-20-41(33-38)61-54-28-12-9-23-45(54)47-35-42(30-31-55(47)61)60(40-18-5-2-6-19-40)53-27-11-8-21-43(53)39-29-32-56-48(34-39)50-36-49-44-22-7-10-25-51(44)59-52-26-14-24-46(57(49)52)58(50)62-56;1-3-5-4-2;1-3-2/h1-36,59H;3-5H,1H2,2H3;3H,1H2,2H3/b;5-4-;. The van der Waals surface area contributed by atoms with E-state index in [0.29, 0.717) is 0 Å². The van der Waals surface area contributed by atoms with E-state index < -0.39 is 0 Å². The molecule has 0 aliphatic carbocycles. The SMILES string of the molecule is C=C/C=C\C.C=CC.c1ccc(-c2cccc(-n3c4ccccc4c4cc(N(c5ccccc5)c5ccccc5-c5ccc6sc7c8cccc9c8c(cc7c6c5)-c5ccccc5N9)ccc43)c2)cc1. The molecule has 0 spiro atoms. The molecule has 3 nitrogen and oxygen atoms in total. The van der Waals surface area contributed by atoms with Gasteiger partial charge in [0.2, 0.25) is 0 Å². The first kappa shape index (κ1) is 43.8. The maximum Gasteiger partial charge on any atom is 0.0542 e. The van der Waals surface area contributed by atoms with Gasteiger partial charge in [0.25, 0.3) is 0 Å². The van der Waals surface area contributed by atoms with Crippen molar-refractivity contribution in [3.63, 3.8) is 0 Å². The largest absolute Gasteiger partial charge is 0.354 e. The maximum absolute atomic E-state index is 3.71. The fraction of sp³-hybridized carbons (Fsp3) is 0.0303. The van der Waals surface area contributed by atoms with Gasteiger partial charge in [0.1, 0.15) is 0 Å². The van der Waals surface area contributed by atoms with Gasteiger partial charge in [0.15, 0.2) is 0 Å². The van der Waals surface area contributed by atoms with Crippen LogP contribution in [0.3, 0.4) is 0 Å². The highest BCUT2D eigenvalue weighted by Crippen LogP contribution is 2.51. The predicted molar refractivity (Wildman–Crippen MR) is 306 cm³/mol. The van der Waals surface area contributed by atoms with Crippen molar-refractivity contribution in [2.24, 2.45) is 0 Å². The van der Waals surface area contributed by atoms with Crippen molar-refractivity contribution in [3.8, 4) is 39.1 Å². The molecule has 4 heteroatoms. The van der Waals surface area contributed by atoms with Crippen molar-refractivity contribution in [1.82, 2.24) is 4.57 Å². The summed E-state index contributed by atoms with van der Waals surface area (Å²) in [6, 6.07) is 79.8. The number of hydrogen-bond donors (Lipinski definition) is 1. The number of benzene rings is 10. The van der Waals surface area contributed by atoms with E-state index in [1.165, 1.54) is 91.8 Å². The third-order valence-corrected chi connectivity index (χ3v) is 14.2. The Bertz CT molecular complexity index is 3930. The zero-order valence-corrected chi connectivity index (χ0v) is 40.1. The molecular weight excluding hydrogens is 867 g/mol. The number of thiophene rings is 1. The minimum atomic E-state index is 1.10. The average Bonchev–Trinajstić information content (AvgIpc) is 3.96. The van der Waals surface area contributed by atoms with Crippen LogP contribution in [0.15, 0.2) is 256 Å². The molecule has 336 valence electrons. The minimum Gasteiger partial charge on any atom is -0.354 e. The summed E-state index contributed by atoms with van der Waals surface area (Å²) in [6.45, 7) is 10.7. The molecule has 0 atom stereocenters. The predicted octanol–water partition coefficient (Wildman–Crippen LogP) is 19.8. The number of hydrogen-bond acceptors (Lipinski definition) is 3. The van der Waals surface area contributed by atoms with Gasteiger partial charge < -0.3 is 14.8 Å². The lowest BCUT2D eigenvalue weighted by atomic mass is 9.90. The van der Waals surface area contributed by atoms with Crippen molar-refractivity contribution in [1.29, 1.82) is 0 Å². The normalized spacial score (nSPS) is 11.5. The highest BCUT2D eigenvalue weighted by atomic mass is 32.1. The smallest absolute Gasteiger partial charge is 0.0542 e. The molecule has 2 aromatic heterocycles. The van der Waals surface area contributed by atoms with Gasteiger partial charge in [-0.2, -0.15) is 0 Å². The second-order valence-corrected chi connectivity index (χ2v) is 18.4. The van der Waals surface area contributed by atoms with Gasteiger partial charge in [0, 0.05) is 81.3 Å². The number of allylic oxidation sites excluding steroid dienone is 4. The Morgan fingerprint density at radius 3 is 1.94 bits per heavy atom. The Balaban J connectivity index is 0.000000623. The summed E-state index contributed by atoms with van der Waals surface area (Å²) in [5.74, 6) is 0. The molecule has 0 fully saturated rings. The van der Waals surface area contributed by atoms with Crippen LogP contribution in [0, 0.1) is 0 Å². The molecule has 0 bridgehead atoms. The van der Waals surface area contributed by atoms with E-state index in [1.807, 2.05) is 37.3 Å². The van der Waals surface area contributed by atoms with Crippen LogP contribution in [0.1, 0.15) is 13.8 Å². The highest BCUT2D eigenvalue weighted by Gasteiger charge is 2.23. The highest BCUT2D eigenvalue weighted by molar-refractivity contribution is 7.26. The number of anilines is 5. The Morgan fingerprint density at radius 2 is 1.14 bits per heavy atom. The first-order valence-electron chi connectivity index (χ1n) is 23.8. The molecule has 70 heavy (non-hydrogen) atoms. The van der Waals surface area contributed by atoms with E-state index in [-0.39, 0.29) is 0 Å². The van der Waals surface area contributed by atoms with Gasteiger partial charge in [-0.25, -0.2) is 0 Å². The molecule has 1 aliphatic rings. The molecule has 0 amide bonds. The van der Waals surface area contributed by atoms with Crippen LogP contribution in [0.25, 0.3) is 91.8 Å². The fourth-order valence-electron chi connectivity index (χ4n) is 10.1.